The Labute approximate surface area is 218 Å². The van der Waals surface area contributed by atoms with E-state index in [0.29, 0.717) is 39.2 Å². The van der Waals surface area contributed by atoms with Gasteiger partial charge >= 0.3 is 5.97 Å². The summed E-state index contributed by atoms with van der Waals surface area (Å²) in [5.74, 6) is -1.42. The van der Waals surface area contributed by atoms with Crippen LogP contribution < -0.4 is 14.8 Å². The first-order valence-corrected chi connectivity index (χ1v) is 11.9. The molecule has 0 radical (unpaired) electrons. The topological polar surface area (TPSA) is 73.9 Å². The number of esters is 1. The van der Waals surface area contributed by atoms with Gasteiger partial charge in [0.2, 0.25) is 0 Å². The molecule has 0 fully saturated rings. The molecule has 1 N–H and O–H groups in total. The van der Waals surface area contributed by atoms with Gasteiger partial charge in [-0.2, -0.15) is 0 Å². The number of dihydropyridines is 1. The summed E-state index contributed by atoms with van der Waals surface area (Å²) >= 11 is 6.66. The highest BCUT2D eigenvalue weighted by atomic mass is 35.5. The number of hydrogen-bond donors (Lipinski definition) is 1. The maximum atomic E-state index is 14.1. The number of ether oxygens (including phenoxy) is 3. The molecule has 37 heavy (non-hydrogen) atoms. The van der Waals surface area contributed by atoms with Crippen molar-refractivity contribution in [2.75, 3.05) is 14.2 Å². The standard InChI is InChI=1S/C29H23ClFNO5/c1-15-23(29(34)36-3)24(25-26(32-15)18-9-5-6-10-19(18)27(25)33)17-12-20(30)28(22(13-17)35-2)37-14-16-8-4-7-11-21(16)31/h4-13,24,32H,14H2,1-3H3/t24-/m1/s1. The second-order valence-electron chi connectivity index (χ2n) is 8.67. The molecule has 188 valence electrons. The van der Waals surface area contributed by atoms with Crippen LogP contribution in [0, 0.1) is 5.82 Å². The molecular weight excluding hydrogens is 497 g/mol. The number of benzene rings is 3. The first-order valence-electron chi connectivity index (χ1n) is 11.5. The molecule has 5 rings (SSSR count). The minimum Gasteiger partial charge on any atom is -0.493 e. The van der Waals surface area contributed by atoms with Gasteiger partial charge in [-0.05, 0) is 30.7 Å². The number of methoxy groups -OCH3 is 2. The Bertz CT molecular complexity index is 1510. The van der Waals surface area contributed by atoms with Gasteiger partial charge in [0, 0.05) is 33.9 Å². The Kier molecular flexibility index (Phi) is 6.48. The maximum Gasteiger partial charge on any atom is 0.336 e. The summed E-state index contributed by atoms with van der Waals surface area (Å²) in [5.41, 5.74) is 4.14. The van der Waals surface area contributed by atoms with E-state index in [4.69, 9.17) is 25.8 Å². The van der Waals surface area contributed by atoms with Crippen molar-refractivity contribution in [2.24, 2.45) is 0 Å². The predicted molar refractivity (Wildman–Crippen MR) is 137 cm³/mol. The van der Waals surface area contributed by atoms with Crippen molar-refractivity contribution < 1.29 is 28.2 Å². The predicted octanol–water partition coefficient (Wildman–Crippen LogP) is 5.81. The molecule has 8 heteroatoms. The number of carbonyl (C=O) groups excluding carboxylic acids is 2. The number of nitrogens with one attached hydrogen (secondary N) is 1. The average Bonchev–Trinajstić information content (AvgIpc) is 3.18. The van der Waals surface area contributed by atoms with Gasteiger partial charge in [0.25, 0.3) is 0 Å². The number of Topliss-reactive ketones (excluding diaryl/α,β-unsaturated/α-hetero) is 1. The molecule has 0 spiro atoms. The summed E-state index contributed by atoms with van der Waals surface area (Å²) < 4.78 is 30.6. The average molecular weight is 520 g/mol. The van der Waals surface area contributed by atoms with E-state index in [1.54, 1.807) is 49.4 Å². The van der Waals surface area contributed by atoms with Crippen molar-refractivity contribution >= 4 is 29.1 Å². The number of rotatable bonds is 6. The second-order valence-corrected chi connectivity index (χ2v) is 9.07. The van der Waals surface area contributed by atoms with Gasteiger partial charge in [0.1, 0.15) is 12.4 Å². The van der Waals surface area contributed by atoms with Crippen molar-refractivity contribution in [3.63, 3.8) is 0 Å². The van der Waals surface area contributed by atoms with Crippen molar-refractivity contribution in [2.45, 2.75) is 19.4 Å². The summed E-state index contributed by atoms with van der Waals surface area (Å²) in [5, 5.41) is 3.43. The molecule has 1 aliphatic heterocycles. The molecule has 1 heterocycles. The minimum atomic E-state index is -0.768. The lowest BCUT2D eigenvalue weighted by Crippen LogP contribution is -2.29. The molecule has 2 aliphatic rings. The molecule has 1 atom stereocenters. The largest absolute Gasteiger partial charge is 0.493 e. The van der Waals surface area contributed by atoms with Gasteiger partial charge in [-0.1, -0.05) is 54.1 Å². The van der Waals surface area contributed by atoms with E-state index >= 15 is 0 Å². The fourth-order valence-corrected chi connectivity index (χ4v) is 5.13. The lowest BCUT2D eigenvalue weighted by molar-refractivity contribution is -0.136. The normalized spacial score (nSPS) is 16.2. The molecule has 3 aromatic carbocycles. The van der Waals surface area contributed by atoms with E-state index in [2.05, 4.69) is 5.32 Å². The fourth-order valence-electron chi connectivity index (χ4n) is 4.85. The molecule has 6 nitrogen and oxygen atoms in total. The van der Waals surface area contributed by atoms with Crippen LogP contribution in [0.5, 0.6) is 11.5 Å². The molecule has 1 aliphatic carbocycles. The minimum absolute atomic E-state index is 0.0645. The molecule has 3 aromatic rings. The number of halogens is 2. The van der Waals surface area contributed by atoms with E-state index in [1.807, 2.05) is 12.1 Å². The van der Waals surface area contributed by atoms with Crippen LogP contribution in [0.25, 0.3) is 5.70 Å². The molecule has 0 unspecified atom stereocenters. The highest BCUT2D eigenvalue weighted by molar-refractivity contribution is 6.32. The van der Waals surface area contributed by atoms with E-state index in [9.17, 15) is 14.0 Å². The monoisotopic (exact) mass is 519 g/mol. The third kappa shape index (κ3) is 4.15. The van der Waals surface area contributed by atoms with Crippen molar-refractivity contribution in [3.8, 4) is 11.5 Å². The molecule has 0 bridgehead atoms. The van der Waals surface area contributed by atoms with E-state index in [-0.39, 0.29) is 28.9 Å². The lowest BCUT2D eigenvalue weighted by Gasteiger charge is -2.29. The summed E-state index contributed by atoms with van der Waals surface area (Å²) in [6.45, 7) is 1.70. The summed E-state index contributed by atoms with van der Waals surface area (Å²) in [7, 11) is 2.75. The van der Waals surface area contributed by atoms with Crippen molar-refractivity contribution in [3.05, 3.63) is 111 Å². The SMILES string of the molecule is COC(=O)C1=C(C)NC2=C(C(=O)c3ccccc32)[C@@H]1c1cc(Cl)c(OCc2ccccc2F)c(OC)c1. The van der Waals surface area contributed by atoms with Crippen molar-refractivity contribution in [1.82, 2.24) is 5.32 Å². The van der Waals surface area contributed by atoms with E-state index < -0.39 is 17.7 Å². The Morgan fingerprint density at radius 3 is 2.46 bits per heavy atom. The van der Waals surface area contributed by atoms with E-state index in [0.717, 1.165) is 5.56 Å². The zero-order chi connectivity index (χ0) is 26.3. The van der Waals surface area contributed by atoms with Gasteiger partial charge < -0.3 is 19.5 Å². The van der Waals surface area contributed by atoms with Gasteiger partial charge in [-0.15, -0.1) is 0 Å². The van der Waals surface area contributed by atoms with Gasteiger partial charge in [-0.25, -0.2) is 9.18 Å². The van der Waals surface area contributed by atoms with Crippen LogP contribution in [0.3, 0.4) is 0 Å². The van der Waals surface area contributed by atoms with Gasteiger partial charge in [0.15, 0.2) is 17.3 Å². The van der Waals surface area contributed by atoms with E-state index in [1.165, 1.54) is 20.3 Å². The van der Waals surface area contributed by atoms with Gasteiger partial charge in [0.05, 0.1) is 30.5 Å². The quantitative estimate of drug-likeness (QED) is 0.414. The number of hydrogen-bond acceptors (Lipinski definition) is 6. The first-order chi connectivity index (χ1) is 17.8. The van der Waals surface area contributed by atoms with Crippen LogP contribution in [0.1, 0.15) is 39.9 Å². The maximum absolute atomic E-state index is 14.1. The molecule has 0 aromatic heterocycles. The highest BCUT2D eigenvalue weighted by Gasteiger charge is 2.43. The number of allylic oxidation sites excluding steroid dienone is 2. The van der Waals surface area contributed by atoms with Gasteiger partial charge in [-0.3, -0.25) is 4.79 Å². The Morgan fingerprint density at radius 2 is 1.76 bits per heavy atom. The van der Waals surface area contributed by atoms with Crippen LogP contribution in [0.15, 0.2) is 77.5 Å². The Morgan fingerprint density at radius 1 is 1.05 bits per heavy atom. The third-order valence-electron chi connectivity index (χ3n) is 6.57. The first kappa shape index (κ1) is 24.6. The molecule has 0 saturated heterocycles. The van der Waals surface area contributed by atoms with Crippen LogP contribution >= 0.6 is 11.6 Å². The fraction of sp³-hybridized carbons (Fsp3) is 0.172. The number of carbonyl (C=O) groups is 2. The number of fused-ring (bicyclic) bond motifs is 2. The van der Waals surface area contributed by atoms with Crippen LogP contribution in [-0.4, -0.2) is 26.0 Å². The van der Waals surface area contributed by atoms with Crippen LogP contribution in [0.4, 0.5) is 4.39 Å². The van der Waals surface area contributed by atoms with Crippen molar-refractivity contribution in [1.29, 1.82) is 0 Å². The zero-order valence-corrected chi connectivity index (χ0v) is 21.1. The number of ketones is 1. The summed E-state index contributed by atoms with van der Waals surface area (Å²) in [4.78, 5) is 26.5. The Hall–Kier alpha value is -4.10. The summed E-state index contributed by atoms with van der Waals surface area (Å²) in [6.07, 6.45) is 0. The lowest BCUT2D eigenvalue weighted by atomic mass is 9.79. The second kappa shape index (κ2) is 9.75. The van der Waals surface area contributed by atoms with Crippen LogP contribution in [0.2, 0.25) is 5.02 Å². The smallest absolute Gasteiger partial charge is 0.336 e. The van der Waals surface area contributed by atoms with Crippen LogP contribution in [-0.2, 0) is 16.1 Å². The third-order valence-corrected chi connectivity index (χ3v) is 6.85. The zero-order valence-electron chi connectivity index (χ0n) is 20.4. The Balaban J connectivity index is 1.61. The summed E-state index contributed by atoms with van der Waals surface area (Å²) in [6, 6.07) is 16.9. The molecule has 0 amide bonds. The molecular formula is C29H23ClFNO5. The highest BCUT2D eigenvalue weighted by Crippen LogP contribution is 2.49. The molecule has 0 saturated carbocycles.